The quantitative estimate of drug-likeness (QED) is 0.486. The van der Waals surface area contributed by atoms with E-state index in [0.717, 1.165) is 34.3 Å². The fourth-order valence-corrected chi connectivity index (χ4v) is 3.55. The Labute approximate surface area is 164 Å². The zero-order chi connectivity index (χ0) is 19.5. The van der Waals surface area contributed by atoms with E-state index in [1.807, 2.05) is 54.6 Å². The maximum absolute atomic E-state index is 13.4. The second kappa shape index (κ2) is 7.98. The Morgan fingerprint density at radius 1 is 1.11 bits per heavy atom. The first-order valence-corrected chi connectivity index (χ1v) is 9.83. The van der Waals surface area contributed by atoms with Crippen LogP contribution in [0.2, 0.25) is 0 Å². The number of fused-ring (bicyclic) bond motifs is 3. The van der Waals surface area contributed by atoms with Crippen molar-refractivity contribution in [1.82, 2.24) is 14.4 Å². The highest BCUT2D eigenvalue weighted by atomic mass is 16.5. The van der Waals surface area contributed by atoms with Crippen LogP contribution in [0.4, 0.5) is 0 Å². The SMILES string of the molecule is CCC(C)c1nc2[nH]c3ccccc3n2c(=O)c1CCOCc1ccccc1. The molecule has 2 aromatic carbocycles. The summed E-state index contributed by atoms with van der Waals surface area (Å²) in [5.41, 5.74) is 4.54. The summed E-state index contributed by atoms with van der Waals surface area (Å²) in [6.45, 7) is 5.28. The maximum Gasteiger partial charge on any atom is 0.263 e. The third-order valence-corrected chi connectivity index (χ3v) is 5.29. The number of ether oxygens (including phenoxy) is 1. The number of H-pyrrole nitrogens is 1. The molecule has 2 heterocycles. The van der Waals surface area contributed by atoms with E-state index >= 15 is 0 Å². The Kier molecular flexibility index (Phi) is 5.26. The lowest BCUT2D eigenvalue weighted by molar-refractivity contribution is 0.123. The lowest BCUT2D eigenvalue weighted by Gasteiger charge is -2.14. The van der Waals surface area contributed by atoms with E-state index in [2.05, 4.69) is 18.8 Å². The molecule has 4 rings (SSSR count). The summed E-state index contributed by atoms with van der Waals surface area (Å²) in [5, 5.41) is 0. The van der Waals surface area contributed by atoms with Gasteiger partial charge in [0.05, 0.1) is 29.9 Å². The number of nitrogens with one attached hydrogen (secondary N) is 1. The zero-order valence-electron chi connectivity index (χ0n) is 16.3. The van der Waals surface area contributed by atoms with Gasteiger partial charge in [0.1, 0.15) is 0 Å². The van der Waals surface area contributed by atoms with Crippen molar-refractivity contribution in [3.63, 3.8) is 0 Å². The molecule has 0 amide bonds. The molecule has 0 fully saturated rings. The van der Waals surface area contributed by atoms with E-state index < -0.39 is 0 Å². The van der Waals surface area contributed by atoms with Gasteiger partial charge in [-0.3, -0.25) is 4.79 Å². The van der Waals surface area contributed by atoms with Gasteiger partial charge >= 0.3 is 0 Å². The number of hydrogen-bond acceptors (Lipinski definition) is 3. The second-order valence-corrected chi connectivity index (χ2v) is 7.18. The fraction of sp³-hybridized carbons (Fsp3) is 0.304. The third kappa shape index (κ3) is 3.45. The van der Waals surface area contributed by atoms with Crippen molar-refractivity contribution in [2.24, 2.45) is 0 Å². The van der Waals surface area contributed by atoms with Gasteiger partial charge in [-0.05, 0) is 30.0 Å². The standard InChI is InChI=1S/C23H25N3O2/c1-3-16(2)21-18(13-14-28-15-17-9-5-4-6-10-17)22(27)26-20-12-8-7-11-19(20)24-23(26)25-21/h4-12,16H,3,13-15H2,1-2H3,(H,24,25). The van der Waals surface area contributed by atoms with E-state index in [-0.39, 0.29) is 11.5 Å². The molecule has 144 valence electrons. The predicted molar refractivity (Wildman–Crippen MR) is 112 cm³/mol. The van der Waals surface area contributed by atoms with E-state index in [4.69, 9.17) is 9.72 Å². The van der Waals surface area contributed by atoms with Crippen molar-refractivity contribution >= 4 is 16.8 Å². The number of aromatic nitrogens is 3. The minimum absolute atomic E-state index is 0.000983. The number of rotatable bonds is 7. The molecule has 0 spiro atoms. The molecule has 0 aliphatic rings. The number of para-hydroxylation sites is 2. The number of imidazole rings is 1. The lowest BCUT2D eigenvalue weighted by Crippen LogP contribution is -2.24. The van der Waals surface area contributed by atoms with Crippen LogP contribution in [-0.2, 0) is 17.8 Å². The van der Waals surface area contributed by atoms with Gasteiger partial charge in [-0.15, -0.1) is 0 Å². The topological polar surface area (TPSA) is 59.4 Å². The molecule has 28 heavy (non-hydrogen) atoms. The van der Waals surface area contributed by atoms with Crippen molar-refractivity contribution in [2.45, 2.75) is 39.2 Å². The van der Waals surface area contributed by atoms with Gasteiger partial charge in [0.25, 0.3) is 5.56 Å². The highest BCUT2D eigenvalue weighted by Gasteiger charge is 2.19. The number of benzene rings is 2. The molecule has 0 saturated carbocycles. The average molecular weight is 375 g/mol. The highest BCUT2D eigenvalue weighted by Crippen LogP contribution is 2.22. The molecule has 5 nitrogen and oxygen atoms in total. The van der Waals surface area contributed by atoms with Crippen LogP contribution >= 0.6 is 0 Å². The number of nitrogens with zero attached hydrogens (tertiary/aromatic N) is 2. The number of aromatic amines is 1. The largest absolute Gasteiger partial charge is 0.376 e. The van der Waals surface area contributed by atoms with Crippen LogP contribution in [0, 0.1) is 0 Å². The molecule has 0 saturated heterocycles. The Balaban J connectivity index is 1.67. The molecule has 1 N–H and O–H groups in total. The Morgan fingerprint density at radius 2 is 1.86 bits per heavy atom. The molecule has 1 atom stereocenters. The van der Waals surface area contributed by atoms with E-state index in [0.29, 0.717) is 25.4 Å². The molecule has 0 aliphatic heterocycles. The maximum atomic E-state index is 13.4. The normalized spacial score (nSPS) is 12.6. The summed E-state index contributed by atoms with van der Waals surface area (Å²) in [6, 6.07) is 17.9. The van der Waals surface area contributed by atoms with Crippen LogP contribution in [0.5, 0.6) is 0 Å². The summed E-state index contributed by atoms with van der Waals surface area (Å²) in [7, 11) is 0. The number of hydrogen-bond donors (Lipinski definition) is 1. The van der Waals surface area contributed by atoms with Crippen LogP contribution in [0.3, 0.4) is 0 Å². The first kappa shape index (κ1) is 18.4. The predicted octanol–water partition coefficient (Wildman–Crippen LogP) is 4.45. The first-order valence-electron chi connectivity index (χ1n) is 9.83. The van der Waals surface area contributed by atoms with Gasteiger partial charge in [0.2, 0.25) is 5.78 Å². The lowest BCUT2D eigenvalue weighted by atomic mass is 9.99. The van der Waals surface area contributed by atoms with Crippen molar-refractivity contribution in [3.05, 3.63) is 81.8 Å². The summed E-state index contributed by atoms with van der Waals surface area (Å²) < 4.78 is 7.53. The minimum Gasteiger partial charge on any atom is -0.376 e. The van der Waals surface area contributed by atoms with Gasteiger partial charge < -0.3 is 9.72 Å². The molecule has 5 heteroatoms. The summed E-state index contributed by atoms with van der Waals surface area (Å²) in [6.07, 6.45) is 1.49. The first-order chi connectivity index (χ1) is 13.7. The molecule has 1 unspecified atom stereocenters. The fourth-order valence-electron chi connectivity index (χ4n) is 3.55. The van der Waals surface area contributed by atoms with Crippen molar-refractivity contribution < 1.29 is 4.74 Å². The molecule has 0 bridgehead atoms. The molecule has 0 radical (unpaired) electrons. The molecule has 0 aliphatic carbocycles. The summed E-state index contributed by atoms with van der Waals surface area (Å²) in [4.78, 5) is 21.5. The van der Waals surface area contributed by atoms with Gasteiger partial charge in [-0.2, -0.15) is 0 Å². The Morgan fingerprint density at radius 3 is 2.64 bits per heavy atom. The van der Waals surface area contributed by atoms with Crippen LogP contribution in [0.15, 0.2) is 59.4 Å². The van der Waals surface area contributed by atoms with Crippen LogP contribution < -0.4 is 5.56 Å². The van der Waals surface area contributed by atoms with Gasteiger partial charge in [0.15, 0.2) is 0 Å². The van der Waals surface area contributed by atoms with Crippen LogP contribution in [-0.4, -0.2) is 21.0 Å². The zero-order valence-corrected chi connectivity index (χ0v) is 16.3. The summed E-state index contributed by atoms with van der Waals surface area (Å²) in [5.74, 6) is 0.823. The van der Waals surface area contributed by atoms with E-state index in [1.54, 1.807) is 4.40 Å². The smallest absolute Gasteiger partial charge is 0.263 e. The minimum atomic E-state index is 0.000983. The molecular formula is C23H25N3O2. The van der Waals surface area contributed by atoms with Crippen molar-refractivity contribution in [3.8, 4) is 0 Å². The Hall–Kier alpha value is -2.92. The summed E-state index contributed by atoms with van der Waals surface area (Å²) >= 11 is 0. The van der Waals surface area contributed by atoms with E-state index in [9.17, 15) is 4.79 Å². The Bertz CT molecular complexity index is 1150. The van der Waals surface area contributed by atoms with Crippen molar-refractivity contribution in [2.75, 3.05) is 6.61 Å². The van der Waals surface area contributed by atoms with Gasteiger partial charge in [-0.1, -0.05) is 56.3 Å². The van der Waals surface area contributed by atoms with Gasteiger partial charge in [0, 0.05) is 12.0 Å². The highest BCUT2D eigenvalue weighted by molar-refractivity contribution is 5.79. The van der Waals surface area contributed by atoms with Crippen LogP contribution in [0.1, 0.15) is 43.0 Å². The molecule has 4 aromatic rings. The van der Waals surface area contributed by atoms with Crippen LogP contribution in [0.25, 0.3) is 16.8 Å². The average Bonchev–Trinajstić information content (AvgIpc) is 3.11. The van der Waals surface area contributed by atoms with E-state index in [1.165, 1.54) is 0 Å². The molecule has 2 aromatic heterocycles. The second-order valence-electron chi connectivity index (χ2n) is 7.18. The monoisotopic (exact) mass is 375 g/mol. The molecular weight excluding hydrogens is 350 g/mol. The third-order valence-electron chi connectivity index (χ3n) is 5.29. The van der Waals surface area contributed by atoms with Gasteiger partial charge in [-0.25, -0.2) is 9.38 Å². The van der Waals surface area contributed by atoms with Crippen molar-refractivity contribution in [1.29, 1.82) is 0 Å².